The molecule has 0 radical (unpaired) electrons. The molecule has 0 aliphatic heterocycles. The molecule has 2 aromatic carbocycles. The molecule has 0 atom stereocenters. The van der Waals surface area contributed by atoms with E-state index in [0.29, 0.717) is 15.7 Å². The topological polar surface area (TPSA) is 38.0 Å². The number of anilines is 2. The fraction of sp³-hybridized carbons (Fsp3) is 0. The van der Waals surface area contributed by atoms with Crippen LogP contribution in [0.2, 0.25) is 5.02 Å². The van der Waals surface area contributed by atoms with E-state index in [9.17, 15) is 8.78 Å². The van der Waals surface area contributed by atoms with Crippen molar-refractivity contribution in [2.45, 2.75) is 0 Å². The molecular formula is C13H8BrClF2N2S. The first-order valence-corrected chi connectivity index (χ1v) is 6.97. The molecule has 3 N–H and O–H groups in total. The molecular weight excluding hydrogens is 370 g/mol. The van der Waals surface area contributed by atoms with Gasteiger partial charge in [0.2, 0.25) is 0 Å². The van der Waals surface area contributed by atoms with E-state index in [-0.39, 0.29) is 15.7 Å². The summed E-state index contributed by atoms with van der Waals surface area (Å²) in [6.45, 7) is 0. The first kappa shape index (κ1) is 15.2. The molecule has 0 saturated carbocycles. The fourth-order valence-electron chi connectivity index (χ4n) is 1.57. The summed E-state index contributed by atoms with van der Waals surface area (Å²) in [5, 5.41) is 2.93. The highest BCUT2D eigenvalue weighted by atomic mass is 79.9. The van der Waals surface area contributed by atoms with Crippen molar-refractivity contribution in [2.24, 2.45) is 5.73 Å². The van der Waals surface area contributed by atoms with Gasteiger partial charge < -0.3 is 11.1 Å². The number of hydrogen-bond donors (Lipinski definition) is 2. The molecule has 2 nitrogen and oxygen atoms in total. The second-order valence-electron chi connectivity index (χ2n) is 3.93. The average molecular weight is 378 g/mol. The largest absolute Gasteiger partial charge is 0.389 e. The fourth-order valence-corrected chi connectivity index (χ4v) is 2.59. The van der Waals surface area contributed by atoms with Gasteiger partial charge in [0.25, 0.3) is 0 Å². The van der Waals surface area contributed by atoms with E-state index in [1.165, 1.54) is 18.2 Å². The summed E-state index contributed by atoms with van der Waals surface area (Å²) in [7, 11) is 0. The van der Waals surface area contributed by atoms with Crippen LogP contribution in [0.1, 0.15) is 5.56 Å². The van der Waals surface area contributed by atoms with E-state index in [4.69, 9.17) is 29.6 Å². The van der Waals surface area contributed by atoms with Crippen molar-refractivity contribution < 1.29 is 8.78 Å². The summed E-state index contributed by atoms with van der Waals surface area (Å²) in [6.07, 6.45) is 0. The van der Waals surface area contributed by atoms with Gasteiger partial charge in [-0.2, -0.15) is 0 Å². The third-order valence-electron chi connectivity index (χ3n) is 2.52. The number of rotatable bonds is 3. The average Bonchev–Trinajstić information content (AvgIpc) is 2.34. The maximum atomic E-state index is 13.9. The van der Waals surface area contributed by atoms with Crippen LogP contribution < -0.4 is 11.1 Å². The maximum Gasteiger partial charge on any atom is 0.147 e. The van der Waals surface area contributed by atoms with Gasteiger partial charge in [-0.25, -0.2) is 8.78 Å². The van der Waals surface area contributed by atoms with Gasteiger partial charge in [-0.1, -0.05) is 23.8 Å². The molecule has 2 rings (SSSR count). The van der Waals surface area contributed by atoms with Crippen LogP contribution in [0, 0.1) is 11.6 Å². The second kappa shape index (κ2) is 6.03. The Labute approximate surface area is 133 Å². The third kappa shape index (κ3) is 3.26. The van der Waals surface area contributed by atoms with Crippen LogP contribution in [0.5, 0.6) is 0 Å². The Hall–Kier alpha value is -1.24. The van der Waals surface area contributed by atoms with Crippen LogP contribution >= 0.6 is 39.7 Å². The minimum absolute atomic E-state index is 0.108. The number of benzene rings is 2. The van der Waals surface area contributed by atoms with E-state index < -0.39 is 11.6 Å². The number of halogens is 4. The van der Waals surface area contributed by atoms with Gasteiger partial charge in [-0.15, -0.1) is 0 Å². The van der Waals surface area contributed by atoms with Crippen LogP contribution in [-0.2, 0) is 0 Å². The molecule has 0 aliphatic carbocycles. The van der Waals surface area contributed by atoms with Crippen LogP contribution in [0.15, 0.2) is 34.8 Å². The van der Waals surface area contributed by atoms with E-state index in [2.05, 4.69) is 21.2 Å². The molecule has 0 spiro atoms. The quantitative estimate of drug-likeness (QED) is 0.758. The zero-order chi connectivity index (χ0) is 14.9. The Morgan fingerprint density at radius 2 is 1.95 bits per heavy atom. The van der Waals surface area contributed by atoms with Crippen molar-refractivity contribution >= 4 is 56.1 Å². The van der Waals surface area contributed by atoms with Crippen molar-refractivity contribution in [2.75, 3.05) is 5.32 Å². The second-order valence-corrected chi connectivity index (χ2v) is 5.63. The summed E-state index contributed by atoms with van der Waals surface area (Å²) in [5.74, 6) is -1.03. The zero-order valence-electron chi connectivity index (χ0n) is 9.88. The lowest BCUT2D eigenvalue weighted by molar-refractivity contribution is 0.627. The van der Waals surface area contributed by atoms with Gasteiger partial charge in [0.15, 0.2) is 0 Å². The van der Waals surface area contributed by atoms with Gasteiger partial charge in [-0.05, 0) is 46.3 Å². The van der Waals surface area contributed by atoms with E-state index in [1.807, 2.05) is 0 Å². The number of thiocarbonyl (C=S) groups is 1. The van der Waals surface area contributed by atoms with E-state index >= 15 is 0 Å². The Morgan fingerprint density at radius 3 is 2.50 bits per heavy atom. The molecule has 0 heterocycles. The molecule has 0 unspecified atom stereocenters. The molecule has 0 saturated heterocycles. The third-order valence-corrected chi connectivity index (χ3v) is 3.68. The monoisotopic (exact) mass is 376 g/mol. The lowest BCUT2D eigenvalue weighted by Gasteiger charge is -2.12. The first-order chi connectivity index (χ1) is 9.38. The highest BCUT2D eigenvalue weighted by Gasteiger charge is 2.11. The molecule has 0 aliphatic rings. The summed E-state index contributed by atoms with van der Waals surface area (Å²) in [4.78, 5) is 0.108. The van der Waals surface area contributed by atoms with E-state index in [1.54, 1.807) is 6.07 Å². The molecule has 0 fully saturated rings. The molecule has 0 bridgehead atoms. The number of hydrogen-bond acceptors (Lipinski definition) is 2. The summed E-state index contributed by atoms with van der Waals surface area (Å²) >= 11 is 13.9. The van der Waals surface area contributed by atoms with Gasteiger partial charge >= 0.3 is 0 Å². The van der Waals surface area contributed by atoms with Crippen molar-refractivity contribution in [1.82, 2.24) is 0 Å². The first-order valence-electron chi connectivity index (χ1n) is 5.39. The number of nitrogens with one attached hydrogen (secondary N) is 1. The van der Waals surface area contributed by atoms with Crippen LogP contribution in [0.4, 0.5) is 20.2 Å². The summed E-state index contributed by atoms with van der Waals surface area (Å²) < 4.78 is 27.4. The molecule has 7 heteroatoms. The SMILES string of the molecule is NC(=S)c1ccc(Nc2c(Cl)cc(F)cc2Br)c(F)c1. The van der Waals surface area contributed by atoms with Crippen LogP contribution in [0.3, 0.4) is 0 Å². The lowest BCUT2D eigenvalue weighted by Crippen LogP contribution is -2.10. The predicted molar refractivity (Wildman–Crippen MR) is 84.7 cm³/mol. The van der Waals surface area contributed by atoms with Gasteiger partial charge in [-0.3, -0.25) is 0 Å². The summed E-state index contributed by atoms with van der Waals surface area (Å²) in [6, 6.07) is 6.65. The normalized spacial score (nSPS) is 10.4. The Morgan fingerprint density at radius 1 is 1.25 bits per heavy atom. The zero-order valence-corrected chi connectivity index (χ0v) is 13.0. The molecule has 0 aromatic heterocycles. The molecule has 0 amide bonds. The van der Waals surface area contributed by atoms with Gasteiger partial charge in [0, 0.05) is 10.0 Å². The standard InChI is InChI=1S/C13H8BrClF2N2S/c14-8-4-7(16)5-9(15)12(8)19-11-2-1-6(13(18)20)3-10(11)17/h1-5,19H,(H2,18,20). The highest BCUT2D eigenvalue weighted by Crippen LogP contribution is 2.34. The van der Waals surface area contributed by atoms with Crippen molar-refractivity contribution in [3.63, 3.8) is 0 Å². The Kier molecular flexibility index (Phi) is 4.57. The summed E-state index contributed by atoms with van der Waals surface area (Å²) in [5.41, 5.74) is 6.40. The Balaban J connectivity index is 2.38. The highest BCUT2D eigenvalue weighted by molar-refractivity contribution is 9.10. The van der Waals surface area contributed by atoms with Crippen molar-refractivity contribution in [3.05, 3.63) is 57.0 Å². The smallest absolute Gasteiger partial charge is 0.147 e. The molecule has 20 heavy (non-hydrogen) atoms. The number of nitrogens with two attached hydrogens (primary N) is 1. The Bertz CT molecular complexity index is 671. The lowest BCUT2D eigenvalue weighted by atomic mass is 10.2. The minimum Gasteiger partial charge on any atom is -0.389 e. The van der Waals surface area contributed by atoms with Crippen LogP contribution in [-0.4, -0.2) is 4.99 Å². The maximum absolute atomic E-state index is 13.9. The minimum atomic E-state index is -0.539. The van der Waals surface area contributed by atoms with Crippen molar-refractivity contribution in [1.29, 1.82) is 0 Å². The van der Waals surface area contributed by atoms with Crippen LogP contribution in [0.25, 0.3) is 0 Å². The van der Waals surface area contributed by atoms with Gasteiger partial charge in [0.1, 0.15) is 16.6 Å². The van der Waals surface area contributed by atoms with E-state index in [0.717, 1.165) is 6.07 Å². The van der Waals surface area contributed by atoms with Crippen molar-refractivity contribution in [3.8, 4) is 0 Å². The molecule has 2 aromatic rings. The predicted octanol–water partition coefficient (Wildman–Crippen LogP) is 4.76. The van der Waals surface area contributed by atoms with Gasteiger partial charge in [0.05, 0.1) is 16.4 Å². The molecule has 104 valence electrons.